The molecular weight excluding hydrogens is 440 g/mol. The summed E-state index contributed by atoms with van der Waals surface area (Å²) in [4.78, 5) is 18.0. The first kappa shape index (κ1) is 24.0. The first-order valence-corrected chi connectivity index (χ1v) is 12.9. The lowest BCUT2D eigenvalue weighted by atomic mass is 9.83. The molecule has 2 fully saturated rings. The highest BCUT2D eigenvalue weighted by molar-refractivity contribution is 5.85. The van der Waals surface area contributed by atoms with Gasteiger partial charge in [-0.2, -0.15) is 0 Å². The second kappa shape index (κ2) is 10.9. The van der Waals surface area contributed by atoms with Crippen LogP contribution < -0.4 is 5.63 Å². The van der Waals surface area contributed by atoms with Crippen LogP contribution >= 0.6 is 0 Å². The molecule has 5 rings (SSSR count). The summed E-state index contributed by atoms with van der Waals surface area (Å²) in [5, 5.41) is 11.6. The standard InChI is InChI=1S/C29H36N2O4/c1-34-17-16-30(19-23-10-7-15-31-14-6-5-11-26(23)31)20-25-27(32)13-12-22-18-24(29(33)35-28(22)25)21-8-3-2-4-9-21/h2-4,8-9,12-13,18,23,26,32H,5-7,10-11,14-17,19-20H2,1H3/t23-,26+/m0/s1. The molecule has 0 saturated carbocycles. The van der Waals surface area contributed by atoms with Gasteiger partial charge >= 0.3 is 5.63 Å². The number of aromatic hydroxyl groups is 1. The monoisotopic (exact) mass is 476 g/mol. The third-order valence-electron chi connectivity index (χ3n) is 7.78. The molecule has 3 aromatic rings. The van der Waals surface area contributed by atoms with Crippen LogP contribution in [0, 0.1) is 5.92 Å². The lowest BCUT2D eigenvalue weighted by Crippen LogP contribution is -2.51. The van der Waals surface area contributed by atoms with Gasteiger partial charge in [0.25, 0.3) is 0 Å². The van der Waals surface area contributed by atoms with Crippen molar-refractivity contribution >= 4 is 11.0 Å². The lowest BCUT2D eigenvalue weighted by Gasteiger charge is -2.45. The number of hydrogen-bond donors (Lipinski definition) is 1. The van der Waals surface area contributed by atoms with Gasteiger partial charge in [0.2, 0.25) is 0 Å². The molecular formula is C29H36N2O4. The van der Waals surface area contributed by atoms with Crippen LogP contribution in [0.4, 0.5) is 0 Å². The van der Waals surface area contributed by atoms with Crippen molar-refractivity contribution in [2.45, 2.75) is 44.7 Å². The Kier molecular flexibility index (Phi) is 7.51. The summed E-state index contributed by atoms with van der Waals surface area (Å²) in [7, 11) is 1.72. The van der Waals surface area contributed by atoms with Crippen LogP contribution in [0.5, 0.6) is 5.75 Å². The van der Waals surface area contributed by atoms with E-state index >= 15 is 0 Å². The number of piperidine rings is 2. The van der Waals surface area contributed by atoms with Crippen molar-refractivity contribution in [1.29, 1.82) is 0 Å². The summed E-state index contributed by atoms with van der Waals surface area (Å²) in [6.07, 6.45) is 6.39. The molecule has 0 spiro atoms. The van der Waals surface area contributed by atoms with Crippen LogP contribution in [0.2, 0.25) is 0 Å². The highest BCUT2D eigenvalue weighted by Gasteiger charge is 2.34. The van der Waals surface area contributed by atoms with Crippen molar-refractivity contribution in [1.82, 2.24) is 9.80 Å². The zero-order chi connectivity index (χ0) is 24.2. The van der Waals surface area contributed by atoms with Crippen LogP contribution in [-0.2, 0) is 11.3 Å². The molecule has 6 nitrogen and oxygen atoms in total. The summed E-state index contributed by atoms with van der Waals surface area (Å²) in [5.74, 6) is 0.771. The third-order valence-corrected chi connectivity index (χ3v) is 7.78. The SMILES string of the molecule is COCCN(Cc1c(O)ccc2cc(-c3ccccc3)c(=O)oc12)C[C@@H]1CCCN2CCCC[C@H]12. The van der Waals surface area contributed by atoms with E-state index < -0.39 is 0 Å². The van der Waals surface area contributed by atoms with E-state index in [0.29, 0.717) is 41.8 Å². The van der Waals surface area contributed by atoms with Crippen molar-refractivity contribution in [2.75, 3.05) is 39.9 Å². The van der Waals surface area contributed by atoms with Gasteiger partial charge in [0.05, 0.1) is 17.7 Å². The fourth-order valence-corrected chi connectivity index (χ4v) is 6.00. The highest BCUT2D eigenvalue weighted by Crippen LogP contribution is 2.34. The summed E-state index contributed by atoms with van der Waals surface area (Å²) in [5.41, 5.74) is 2.12. The van der Waals surface area contributed by atoms with Crippen LogP contribution in [0.3, 0.4) is 0 Å². The van der Waals surface area contributed by atoms with Gasteiger partial charge in [-0.1, -0.05) is 36.8 Å². The van der Waals surface area contributed by atoms with Gasteiger partial charge in [0.1, 0.15) is 11.3 Å². The Morgan fingerprint density at radius 3 is 2.74 bits per heavy atom. The Labute approximate surface area is 207 Å². The van der Waals surface area contributed by atoms with E-state index in [1.165, 1.54) is 45.2 Å². The molecule has 6 heteroatoms. The molecule has 186 valence electrons. The Bertz CT molecular complexity index is 1190. The molecule has 2 saturated heterocycles. The number of fused-ring (bicyclic) bond motifs is 2. The minimum Gasteiger partial charge on any atom is -0.507 e. The van der Waals surface area contributed by atoms with Crippen LogP contribution in [0.15, 0.2) is 57.7 Å². The lowest BCUT2D eigenvalue weighted by molar-refractivity contribution is 0.0335. The average Bonchev–Trinajstić information content (AvgIpc) is 2.89. The zero-order valence-corrected chi connectivity index (χ0v) is 20.6. The molecule has 1 aromatic heterocycles. The second-order valence-electron chi connectivity index (χ2n) is 10.0. The number of nitrogens with zero attached hydrogens (tertiary/aromatic N) is 2. The van der Waals surface area contributed by atoms with Gasteiger partial charge < -0.3 is 19.2 Å². The summed E-state index contributed by atoms with van der Waals surface area (Å²) in [6.45, 7) is 5.29. The number of rotatable bonds is 8. The van der Waals surface area contributed by atoms with Crippen molar-refractivity contribution < 1.29 is 14.3 Å². The molecule has 35 heavy (non-hydrogen) atoms. The molecule has 2 aliphatic heterocycles. The van der Waals surface area contributed by atoms with E-state index in [2.05, 4.69) is 9.80 Å². The normalized spacial score (nSPS) is 20.9. The first-order chi connectivity index (χ1) is 17.1. The predicted octanol–water partition coefficient (Wildman–Crippen LogP) is 4.88. The Morgan fingerprint density at radius 1 is 1.09 bits per heavy atom. The number of benzene rings is 2. The van der Waals surface area contributed by atoms with Gasteiger partial charge in [-0.25, -0.2) is 4.79 Å². The second-order valence-corrected chi connectivity index (χ2v) is 10.0. The van der Waals surface area contributed by atoms with E-state index in [0.717, 1.165) is 24.0 Å². The number of phenols is 1. The number of ether oxygens (including phenoxy) is 1. The molecule has 0 amide bonds. The van der Waals surface area contributed by atoms with Crippen LogP contribution in [0.25, 0.3) is 22.1 Å². The Hall–Kier alpha value is -2.67. The molecule has 0 unspecified atom stereocenters. The van der Waals surface area contributed by atoms with E-state index in [9.17, 15) is 9.90 Å². The minimum absolute atomic E-state index is 0.165. The average molecular weight is 477 g/mol. The van der Waals surface area contributed by atoms with Gasteiger partial charge in [-0.15, -0.1) is 0 Å². The Balaban J connectivity index is 1.44. The topological polar surface area (TPSA) is 66.2 Å². The van der Waals surface area contributed by atoms with E-state index in [4.69, 9.17) is 9.15 Å². The molecule has 3 heterocycles. The van der Waals surface area contributed by atoms with Crippen LogP contribution in [-0.4, -0.2) is 60.8 Å². The van der Waals surface area contributed by atoms with Crippen LogP contribution in [0.1, 0.15) is 37.7 Å². The molecule has 0 bridgehead atoms. The summed E-state index contributed by atoms with van der Waals surface area (Å²) in [6, 6.07) is 15.6. The highest BCUT2D eigenvalue weighted by atomic mass is 16.5. The molecule has 0 aliphatic carbocycles. The van der Waals surface area contributed by atoms with E-state index in [1.54, 1.807) is 13.2 Å². The molecule has 2 aromatic carbocycles. The Morgan fingerprint density at radius 2 is 1.91 bits per heavy atom. The first-order valence-electron chi connectivity index (χ1n) is 12.9. The predicted molar refractivity (Wildman–Crippen MR) is 139 cm³/mol. The fraction of sp³-hybridized carbons (Fsp3) is 0.483. The van der Waals surface area contributed by atoms with Crippen molar-refractivity contribution in [3.63, 3.8) is 0 Å². The maximum atomic E-state index is 12.9. The zero-order valence-electron chi connectivity index (χ0n) is 20.6. The fourth-order valence-electron chi connectivity index (χ4n) is 6.00. The van der Waals surface area contributed by atoms with Gasteiger partial charge in [-0.05, 0) is 68.5 Å². The van der Waals surface area contributed by atoms with E-state index in [-0.39, 0.29) is 11.4 Å². The van der Waals surface area contributed by atoms with E-state index in [1.807, 2.05) is 42.5 Å². The van der Waals surface area contributed by atoms with Gasteiger partial charge in [0.15, 0.2) is 0 Å². The molecule has 2 aliphatic rings. The number of hydrogen-bond acceptors (Lipinski definition) is 6. The molecule has 0 radical (unpaired) electrons. The van der Waals surface area contributed by atoms with Crippen molar-refractivity contribution in [2.24, 2.45) is 5.92 Å². The smallest absolute Gasteiger partial charge is 0.344 e. The van der Waals surface area contributed by atoms with Gasteiger partial charge in [-0.3, -0.25) is 4.90 Å². The van der Waals surface area contributed by atoms with Crippen molar-refractivity contribution in [3.8, 4) is 16.9 Å². The quantitative estimate of drug-likeness (QED) is 0.468. The molecule has 2 atom stereocenters. The summed E-state index contributed by atoms with van der Waals surface area (Å²) < 4.78 is 11.3. The minimum atomic E-state index is -0.385. The number of methoxy groups -OCH3 is 1. The largest absolute Gasteiger partial charge is 0.507 e. The maximum absolute atomic E-state index is 12.9. The van der Waals surface area contributed by atoms with Gasteiger partial charge in [0, 0.05) is 38.2 Å². The maximum Gasteiger partial charge on any atom is 0.344 e. The molecule has 1 N–H and O–H groups in total. The summed E-state index contributed by atoms with van der Waals surface area (Å²) >= 11 is 0. The third kappa shape index (κ3) is 5.30. The number of phenolic OH excluding ortho intramolecular Hbond substituents is 1. The van der Waals surface area contributed by atoms with Crippen molar-refractivity contribution in [3.05, 3.63) is 64.5 Å².